The van der Waals surface area contributed by atoms with Gasteiger partial charge in [0.2, 0.25) is 11.9 Å². The molecule has 1 N–H and O–H groups in total. The van der Waals surface area contributed by atoms with Gasteiger partial charge in [-0.25, -0.2) is 9.97 Å². The first-order chi connectivity index (χ1) is 14.6. The Bertz CT molecular complexity index is 882. The van der Waals surface area contributed by atoms with Crippen LogP contribution in [0.15, 0.2) is 24.4 Å². The van der Waals surface area contributed by atoms with Crippen LogP contribution >= 0.6 is 0 Å². The minimum absolute atomic E-state index is 0.0866. The van der Waals surface area contributed by atoms with E-state index in [4.69, 9.17) is 9.72 Å². The molecule has 1 saturated heterocycles. The van der Waals surface area contributed by atoms with E-state index in [1.165, 1.54) is 19.3 Å². The van der Waals surface area contributed by atoms with Crippen LogP contribution in [0.5, 0.6) is 0 Å². The van der Waals surface area contributed by atoms with Crippen LogP contribution in [-0.4, -0.2) is 53.2 Å². The van der Waals surface area contributed by atoms with E-state index in [1.807, 2.05) is 26.0 Å². The molecule has 1 saturated carbocycles. The first-order valence-corrected chi connectivity index (χ1v) is 11.0. The average molecular weight is 410 g/mol. The second-order valence-corrected chi connectivity index (χ2v) is 8.39. The maximum absolute atomic E-state index is 12.9. The molecule has 4 rings (SSSR count). The second kappa shape index (κ2) is 9.51. The van der Waals surface area contributed by atoms with Crippen molar-refractivity contribution in [2.45, 2.75) is 52.0 Å². The van der Waals surface area contributed by atoms with Crippen molar-refractivity contribution >= 4 is 11.9 Å². The Balaban J connectivity index is 1.49. The number of rotatable bonds is 4. The average Bonchev–Trinajstić information content (AvgIpc) is 3.01. The summed E-state index contributed by atoms with van der Waals surface area (Å²) in [6.45, 7) is 6.21. The Morgan fingerprint density at radius 2 is 1.97 bits per heavy atom. The van der Waals surface area contributed by atoms with Gasteiger partial charge in [0.05, 0.1) is 24.8 Å². The molecule has 0 spiro atoms. The number of nitrogens with zero attached hydrogens (tertiary/aromatic N) is 4. The molecule has 7 nitrogen and oxygen atoms in total. The first-order valence-electron chi connectivity index (χ1n) is 11.0. The summed E-state index contributed by atoms with van der Waals surface area (Å²) in [7, 11) is 0. The summed E-state index contributed by atoms with van der Waals surface area (Å²) in [6.07, 6.45) is 7.62. The lowest BCUT2D eigenvalue weighted by atomic mass is 9.95. The van der Waals surface area contributed by atoms with Crippen molar-refractivity contribution in [3.63, 3.8) is 0 Å². The van der Waals surface area contributed by atoms with Crippen molar-refractivity contribution in [3.05, 3.63) is 35.8 Å². The Labute approximate surface area is 178 Å². The smallest absolute Gasteiger partial charge is 0.227 e. The molecule has 1 amide bonds. The molecular weight excluding hydrogens is 378 g/mol. The summed E-state index contributed by atoms with van der Waals surface area (Å²) in [6, 6.07) is 6.26. The predicted molar refractivity (Wildman–Crippen MR) is 116 cm³/mol. The van der Waals surface area contributed by atoms with E-state index in [-0.39, 0.29) is 11.8 Å². The van der Waals surface area contributed by atoms with Crippen LogP contribution in [0.2, 0.25) is 0 Å². The standard InChI is InChI=1S/C23H31N5O2/c1-16-8-9-20(17(2)25-16)21-10-11-24-23(27-21)28-12-13-30-15-18(14-28)22(29)26-19-6-4-3-5-7-19/h8-11,18-19H,3-7,12-15H2,1-2H3,(H,26,29). The van der Waals surface area contributed by atoms with Crippen LogP contribution < -0.4 is 10.2 Å². The molecule has 1 unspecified atom stereocenters. The molecule has 7 heteroatoms. The van der Waals surface area contributed by atoms with Crippen LogP contribution in [0.4, 0.5) is 5.95 Å². The first kappa shape index (κ1) is 20.7. The lowest BCUT2D eigenvalue weighted by Crippen LogP contribution is -2.44. The zero-order valence-corrected chi connectivity index (χ0v) is 17.9. The highest BCUT2D eigenvalue weighted by atomic mass is 16.5. The summed E-state index contributed by atoms with van der Waals surface area (Å²) < 4.78 is 5.75. The topological polar surface area (TPSA) is 80.2 Å². The van der Waals surface area contributed by atoms with E-state index < -0.39 is 0 Å². The molecular formula is C23H31N5O2. The van der Waals surface area contributed by atoms with Crippen molar-refractivity contribution in [3.8, 4) is 11.3 Å². The number of nitrogens with one attached hydrogen (secondary N) is 1. The SMILES string of the molecule is Cc1ccc(-c2ccnc(N3CCOCC(C(=O)NC4CCCCC4)C3)n2)c(C)n1. The van der Waals surface area contributed by atoms with Gasteiger partial charge >= 0.3 is 0 Å². The van der Waals surface area contributed by atoms with Gasteiger partial charge in [0.1, 0.15) is 0 Å². The van der Waals surface area contributed by atoms with E-state index in [0.29, 0.717) is 38.3 Å². The van der Waals surface area contributed by atoms with Crippen molar-refractivity contribution in [1.82, 2.24) is 20.3 Å². The minimum Gasteiger partial charge on any atom is -0.379 e. The Morgan fingerprint density at radius 1 is 1.13 bits per heavy atom. The fourth-order valence-corrected chi connectivity index (χ4v) is 4.32. The van der Waals surface area contributed by atoms with Gasteiger partial charge in [0.25, 0.3) is 0 Å². The van der Waals surface area contributed by atoms with Crippen LogP contribution in [-0.2, 0) is 9.53 Å². The molecule has 0 bridgehead atoms. The van der Waals surface area contributed by atoms with Crippen LogP contribution in [0.25, 0.3) is 11.3 Å². The number of pyridine rings is 1. The van der Waals surface area contributed by atoms with Gasteiger partial charge in [-0.3, -0.25) is 9.78 Å². The third kappa shape index (κ3) is 4.95. The summed E-state index contributed by atoms with van der Waals surface area (Å²) in [5, 5.41) is 3.24. The van der Waals surface area contributed by atoms with E-state index in [0.717, 1.165) is 35.5 Å². The van der Waals surface area contributed by atoms with Gasteiger partial charge in [-0.1, -0.05) is 19.3 Å². The Hall–Kier alpha value is -2.54. The van der Waals surface area contributed by atoms with E-state index in [1.54, 1.807) is 6.20 Å². The molecule has 2 aliphatic rings. The maximum Gasteiger partial charge on any atom is 0.227 e. The molecule has 2 aromatic rings. The van der Waals surface area contributed by atoms with E-state index in [2.05, 4.69) is 26.3 Å². The molecule has 1 atom stereocenters. The summed E-state index contributed by atoms with van der Waals surface area (Å²) in [5.41, 5.74) is 3.78. The number of hydrogen-bond acceptors (Lipinski definition) is 6. The van der Waals surface area contributed by atoms with Gasteiger partial charge in [-0.05, 0) is 44.9 Å². The highest BCUT2D eigenvalue weighted by molar-refractivity contribution is 5.80. The minimum atomic E-state index is -0.218. The fraction of sp³-hybridized carbons (Fsp3) is 0.565. The quantitative estimate of drug-likeness (QED) is 0.836. The number of carbonyl (C=O) groups excluding carboxylic acids is 1. The zero-order chi connectivity index (χ0) is 20.9. The number of carbonyl (C=O) groups is 1. The third-order valence-electron chi connectivity index (χ3n) is 6.01. The lowest BCUT2D eigenvalue weighted by Gasteiger charge is -2.27. The zero-order valence-electron chi connectivity index (χ0n) is 17.9. The van der Waals surface area contributed by atoms with E-state index >= 15 is 0 Å². The maximum atomic E-state index is 12.9. The van der Waals surface area contributed by atoms with Crippen LogP contribution in [0.1, 0.15) is 43.5 Å². The molecule has 0 radical (unpaired) electrons. The number of amides is 1. The van der Waals surface area contributed by atoms with Gasteiger partial charge in [-0.15, -0.1) is 0 Å². The summed E-state index contributed by atoms with van der Waals surface area (Å²) in [4.78, 5) is 28.8. The van der Waals surface area contributed by atoms with Gasteiger partial charge in [-0.2, -0.15) is 0 Å². The highest BCUT2D eigenvalue weighted by Crippen LogP contribution is 2.23. The Kier molecular flexibility index (Phi) is 6.57. The predicted octanol–water partition coefficient (Wildman–Crippen LogP) is 3.06. The number of hydrogen-bond donors (Lipinski definition) is 1. The monoisotopic (exact) mass is 409 g/mol. The third-order valence-corrected chi connectivity index (χ3v) is 6.01. The van der Waals surface area contributed by atoms with Crippen molar-refractivity contribution in [1.29, 1.82) is 0 Å². The fourth-order valence-electron chi connectivity index (χ4n) is 4.32. The van der Waals surface area contributed by atoms with Crippen molar-refractivity contribution in [2.75, 3.05) is 31.2 Å². The number of aromatic nitrogens is 3. The number of aryl methyl sites for hydroxylation is 2. The largest absolute Gasteiger partial charge is 0.379 e. The molecule has 2 fully saturated rings. The number of ether oxygens (including phenoxy) is 1. The van der Waals surface area contributed by atoms with Gasteiger partial charge in [0, 0.05) is 42.3 Å². The highest BCUT2D eigenvalue weighted by Gasteiger charge is 2.28. The molecule has 30 heavy (non-hydrogen) atoms. The molecule has 1 aliphatic carbocycles. The summed E-state index contributed by atoms with van der Waals surface area (Å²) >= 11 is 0. The lowest BCUT2D eigenvalue weighted by molar-refractivity contribution is -0.127. The summed E-state index contributed by atoms with van der Waals surface area (Å²) in [5.74, 6) is 0.501. The van der Waals surface area contributed by atoms with E-state index in [9.17, 15) is 4.79 Å². The number of anilines is 1. The normalized spacial score (nSPS) is 20.6. The van der Waals surface area contributed by atoms with Crippen LogP contribution in [0.3, 0.4) is 0 Å². The molecule has 3 heterocycles. The van der Waals surface area contributed by atoms with Gasteiger partial charge in [0.15, 0.2) is 0 Å². The molecule has 2 aromatic heterocycles. The molecule has 160 valence electrons. The second-order valence-electron chi connectivity index (χ2n) is 8.39. The Morgan fingerprint density at radius 3 is 2.77 bits per heavy atom. The van der Waals surface area contributed by atoms with Crippen LogP contribution in [0, 0.1) is 19.8 Å². The molecule has 1 aliphatic heterocycles. The van der Waals surface area contributed by atoms with Crippen molar-refractivity contribution < 1.29 is 9.53 Å². The van der Waals surface area contributed by atoms with Crippen molar-refractivity contribution in [2.24, 2.45) is 5.92 Å². The molecule has 0 aromatic carbocycles. The van der Waals surface area contributed by atoms with Gasteiger partial charge < -0.3 is 15.0 Å².